The smallest absolute Gasteiger partial charge is 0.296 e. The zero-order valence-electron chi connectivity index (χ0n) is 73.8. The van der Waals surface area contributed by atoms with E-state index in [2.05, 4.69) is 133 Å². The number of carbonyl (C=O) groups is 8. The maximum absolute atomic E-state index is 13.5. The van der Waals surface area contributed by atoms with Crippen LogP contribution in [-0.4, -0.2) is 179 Å². The number of Topliss-reactive ketones (excluding diaryl/α,β-unsaturated/α-hetero) is 1. The third kappa shape index (κ3) is 19.4. The van der Waals surface area contributed by atoms with E-state index in [0.29, 0.717) is 107 Å². The lowest BCUT2D eigenvalue weighted by Gasteiger charge is -2.63. The van der Waals surface area contributed by atoms with Gasteiger partial charge >= 0.3 is 0 Å². The number of benzene rings is 7. The summed E-state index contributed by atoms with van der Waals surface area (Å²) in [5.41, 5.74) is 11.9. The van der Waals surface area contributed by atoms with Crippen molar-refractivity contribution in [2.24, 2.45) is 32.5 Å². The molecule has 8 heterocycles. The maximum Gasteiger partial charge on any atom is 0.296 e. The first-order chi connectivity index (χ1) is 61.0. The molecule has 7 aromatic rings. The van der Waals surface area contributed by atoms with Crippen LogP contribution in [0.5, 0.6) is 11.5 Å². The molecule has 7 aromatic carbocycles. The lowest BCUT2D eigenvalue weighted by Crippen LogP contribution is -2.74. The van der Waals surface area contributed by atoms with Gasteiger partial charge in [0.25, 0.3) is 27.8 Å². The predicted molar refractivity (Wildman–Crippen MR) is 487 cm³/mol. The molecular formula is C100H110Cl2N10O15S. The van der Waals surface area contributed by atoms with Crippen molar-refractivity contribution in [3.63, 3.8) is 0 Å². The number of rotatable bonds is 26. The molecule has 670 valence electrons. The first kappa shape index (κ1) is 92.0. The first-order valence-electron chi connectivity index (χ1n) is 43.9. The fraction of sp³-hybridized carbons (Fsp3) is 0.440. The van der Waals surface area contributed by atoms with Crippen LogP contribution in [0.1, 0.15) is 187 Å². The number of hydrogen-bond acceptors (Lipinski definition) is 18. The number of ether oxygens (including phenoxy) is 4. The molecule has 2 atom stereocenters. The molecule has 2 unspecified atom stereocenters. The van der Waals surface area contributed by atoms with E-state index in [1.807, 2.05) is 67.6 Å². The Morgan fingerprint density at radius 2 is 1.05 bits per heavy atom. The zero-order chi connectivity index (χ0) is 91.0. The van der Waals surface area contributed by atoms with E-state index in [1.54, 1.807) is 70.5 Å². The number of imide groups is 2. The molecule has 17 rings (SSSR count). The summed E-state index contributed by atoms with van der Waals surface area (Å²) in [6, 6.07) is 43.1. The van der Waals surface area contributed by atoms with Gasteiger partial charge in [-0.15, -0.1) is 0 Å². The lowest BCUT2D eigenvalue weighted by molar-refractivity contribution is -0.167. The van der Waals surface area contributed by atoms with Crippen LogP contribution < -0.4 is 36.1 Å². The van der Waals surface area contributed by atoms with E-state index in [1.165, 1.54) is 16.7 Å². The van der Waals surface area contributed by atoms with Crippen LogP contribution in [0, 0.1) is 52.6 Å². The summed E-state index contributed by atoms with van der Waals surface area (Å²) in [6.07, 6.45) is 10.5. The fourth-order valence-corrected chi connectivity index (χ4v) is 22.2. The first-order valence-corrected chi connectivity index (χ1v) is 46.1. The Balaban J connectivity index is 0.000000160. The van der Waals surface area contributed by atoms with E-state index < -0.39 is 28.1 Å². The van der Waals surface area contributed by atoms with Crippen molar-refractivity contribution < 1.29 is 69.9 Å². The number of aryl methyl sites for hydroxylation is 1. The number of fused-ring (bicyclic) bond motifs is 2. The molecule has 28 heteroatoms. The number of ketones is 1. The SMILES string of the molecule is O=C1CCC(N2Cc3cc(C4=CCNCC4)ccc3C2=O)C(=O)N1.[C-]#[N+]c1ccc(OC2C(C)(C)C(NC(=O)c3ccc(CC4(CCN5CC=C(c6ccc7c(c6)CN(C6CCC(=O)NC6=O)C7=O)CC5)COC4)cc3)C2(C)C)cc1Cl.[C-]#[N+]c1ccc(OC2C(C)(C)C(NCC(=O)c3ccc(CC4(CCOS(=O)(=O)c5ccc(C)cc5)COC4)cc3)C2(C)C)cc1Cl. The van der Waals surface area contributed by atoms with Crippen LogP contribution in [0.4, 0.5) is 11.4 Å². The molecule has 5 N–H and O–H groups in total. The van der Waals surface area contributed by atoms with Crippen molar-refractivity contribution >= 4 is 103 Å². The molecule has 0 radical (unpaired) electrons. The Kier molecular flexibility index (Phi) is 26.9. The van der Waals surface area contributed by atoms with E-state index in [-0.39, 0.29) is 129 Å². The monoisotopic (exact) mass is 1790 g/mol. The van der Waals surface area contributed by atoms with Crippen LogP contribution in [0.3, 0.4) is 0 Å². The Labute approximate surface area is 758 Å². The molecular weight excluding hydrogens is 1680 g/mol. The number of nitrogens with one attached hydrogen (secondary N) is 5. The van der Waals surface area contributed by atoms with E-state index in [9.17, 15) is 46.8 Å². The van der Waals surface area contributed by atoms with Gasteiger partial charge in [-0.1, -0.05) is 169 Å². The Hall–Kier alpha value is -10.8. The summed E-state index contributed by atoms with van der Waals surface area (Å²) >= 11 is 12.5. The molecule has 2 aliphatic carbocycles. The summed E-state index contributed by atoms with van der Waals surface area (Å²) in [5.74, 6) is -0.463. The Bertz CT molecular complexity index is 5760. The third-order valence-electron chi connectivity index (χ3n) is 27.6. The van der Waals surface area contributed by atoms with Gasteiger partial charge in [-0.05, 0) is 189 Å². The highest BCUT2D eigenvalue weighted by Crippen LogP contribution is 2.57. The number of piperidine rings is 2. The third-order valence-corrected chi connectivity index (χ3v) is 29.5. The van der Waals surface area contributed by atoms with Crippen molar-refractivity contribution in [3.05, 3.63) is 252 Å². The van der Waals surface area contributed by atoms with Crippen molar-refractivity contribution in [2.45, 2.75) is 181 Å². The minimum Gasteiger partial charge on any atom is -0.489 e. The average Bonchev–Trinajstić information content (AvgIpc) is 0.732. The second kappa shape index (κ2) is 37.4. The van der Waals surface area contributed by atoms with Gasteiger partial charge in [-0.3, -0.25) is 58.1 Å². The molecule has 8 aliphatic heterocycles. The van der Waals surface area contributed by atoms with Crippen LogP contribution >= 0.6 is 23.2 Å². The largest absolute Gasteiger partial charge is 0.489 e. The number of nitrogens with zero attached hydrogens (tertiary/aromatic N) is 5. The second-order valence-corrected chi connectivity index (χ2v) is 40.6. The molecule has 7 amide bonds. The summed E-state index contributed by atoms with van der Waals surface area (Å²) in [6.45, 7) is 41.4. The lowest BCUT2D eigenvalue weighted by atomic mass is 9.49. The van der Waals surface area contributed by atoms with Gasteiger partial charge in [-0.25, -0.2) is 9.69 Å². The van der Waals surface area contributed by atoms with Crippen molar-refractivity contribution in [3.8, 4) is 11.5 Å². The highest BCUT2D eigenvalue weighted by molar-refractivity contribution is 7.86. The summed E-state index contributed by atoms with van der Waals surface area (Å²) in [7, 11) is -3.82. The van der Waals surface area contributed by atoms with Crippen LogP contribution in [-0.2, 0) is 68.9 Å². The van der Waals surface area contributed by atoms with Gasteiger partial charge in [0.15, 0.2) is 5.78 Å². The van der Waals surface area contributed by atoms with Gasteiger partial charge in [0, 0.05) is 112 Å². The topological polar surface area (TPSA) is 295 Å². The van der Waals surface area contributed by atoms with E-state index >= 15 is 0 Å². The fourth-order valence-electron chi connectivity index (χ4n) is 20.9. The van der Waals surface area contributed by atoms with Crippen LogP contribution in [0.15, 0.2) is 163 Å². The average molecular weight is 1800 g/mol. The molecule has 0 aromatic heterocycles. The second-order valence-electron chi connectivity index (χ2n) is 38.2. The quantitative estimate of drug-likeness (QED) is 0.0146. The minimum absolute atomic E-state index is 0.000404. The van der Waals surface area contributed by atoms with Crippen molar-refractivity contribution in [2.75, 3.05) is 72.3 Å². The summed E-state index contributed by atoms with van der Waals surface area (Å²) in [5, 5.41) is 15.5. The van der Waals surface area contributed by atoms with Crippen LogP contribution in [0.25, 0.3) is 20.8 Å². The molecule has 4 saturated heterocycles. The maximum atomic E-state index is 13.5. The number of carbonyl (C=O) groups excluding carboxylic acids is 8. The molecule has 10 aliphatic rings. The summed E-state index contributed by atoms with van der Waals surface area (Å²) < 4.78 is 54.6. The standard InChI is InChI=1S/C46H50ClN5O6.C36H41ClN2O6S.C18H19N3O3/c1-44(2)42(45(3,4)43(44)58-33-11-13-36(48-5)35(47)23-33)50-39(54)30-8-6-28(7-9-30)24-46(26-57-27-46)18-21-51-19-16-29(17-20-51)31-10-12-34-32(22-31)25-52(41(34)56)37-14-15-38(53)49-40(37)55;1-24-7-14-28(15-8-24)46(41,42)44-18-17-36(22-43-23-36)20-25-9-11-26(12-10-25)31(40)21-39-32-34(2,3)33(35(32,4)5)45-27-13-16-30(38-6)29(37)19-27;22-16-4-3-15(17(23)20-16)21-10-13-9-12(1-2-14(13)18(21)24)11-5-7-19-8-6-11/h6-13,16,22-23,37,42-43H,14-15,17-21,24-27H2,1-4H3,(H,50,54)(H,49,53,55);7-16,19,32-33,39H,17-18,20-23H2,1-5H3;1-2,5,9,15,19H,3-4,6-8,10H2,(H,20,22,23). The van der Waals surface area contributed by atoms with Gasteiger partial charge in [-0.2, -0.15) is 8.42 Å². The molecule has 128 heavy (non-hydrogen) atoms. The number of halogens is 2. The van der Waals surface area contributed by atoms with Crippen molar-refractivity contribution in [1.29, 1.82) is 0 Å². The Morgan fingerprint density at radius 3 is 1.50 bits per heavy atom. The number of hydrogen-bond donors (Lipinski definition) is 5. The molecule has 0 spiro atoms. The predicted octanol–water partition coefficient (Wildman–Crippen LogP) is 15.0. The van der Waals surface area contributed by atoms with Crippen molar-refractivity contribution in [1.82, 2.24) is 41.3 Å². The number of amides is 7. The van der Waals surface area contributed by atoms with E-state index in [4.69, 9.17) is 59.5 Å². The van der Waals surface area contributed by atoms with Gasteiger partial charge in [0.05, 0.1) is 67.7 Å². The molecule has 25 nitrogen and oxygen atoms in total. The molecule has 6 fully saturated rings. The normalized spacial score (nSPS) is 23.1. The van der Waals surface area contributed by atoms with Gasteiger partial charge < -0.3 is 44.7 Å². The summed E-state index contributed by atoms with van der Waals surface area (Å²) in [4.78, 5) is 113. The Morgan fingerprint density at radius 1 is 0.570 bits per heavy atom. The highest BCUT2D eigenvalue weighted by atomic mass is 35.5. The molecule has 0 bridgehead atoms. The highest BCUT2D eigenvalue weighted by Gasteiger charge is 2.65. The zero-order valence-corrected chi connectivity index (χ0v) is 76.1. The molecule has 2 saturated carbocycles. The van der Waals surface area contributed by atoms with Gasteiger partial charge in [0.2, 0.25) is 35.0 Å². The van der Waals surface area contributed by atoms with Crippen LogP contribution in [0.2, 0.25) is 10.0 Å². The van der Waals surface area contributed by atoms with Gasteiger partial charge in [0.1, 0.15) is 35.8 Å². The minimum atomic E-state index is -3.82. The van der Waals surface area contributed by atoms with E-state index in [0.717, 1.165) is 105 Å².